The van der Waals surface area contributed by atoms with Gasteiger partial charge in [0, 0.05) is 40.0 Å². The van der Waals surface area contributed by atoms with Crippen LogP contribution in [-0.4, -0.2) is 22.4 Å². The summed E-state index contributed by atoms with van der Waals surface area (Å²) >= 11 is 7.71. The van der Waals surface area contributed by atoms with Crippen LogP contribution in [0.15, 0.2) is 87.7 Å². The number of ketones is 1. The Hall–Kier alpha value is -3.49. The molecule has 0 N–H and O–H groups in total. The second-order valence-electron chi connectivity index (χ2n) is 6.21. The molecule has 0 atom stereocenters. The third-order valence-corrected chi connectivity index (χ3v) is 5.31. The second kappa shape index (κ2) is 18.7. The van der Waals surface area contributed by atoms with Crippen LogP contribution in [0, 0.1) is 10.1 Å². The molecule has 0 saturated carbocycles. The number of hydrogen-bond acceptors (Lipinski definition) is 7. The van der Waals surface area contributed by atoms with Crippen LogP contribution in [0.3, 0.4) is 0 Å². The van der Waals surface area contributed by atoms with Gasteiger partial charge in [0.15, 0.2) is 5.71 Å². The van der Waals surface area contributed by atoms with Crippen molar-refractivity contribution in [2.24, 2.45) is 5.16 Å². The molecule has 0 aliphatic rings. The normalized spacial score (nSPS) is 9.78. The maximum absolute atomic E-state index is 13.1. The van der Waals surface area contributed by atoms with Gasteiger partial charge in [-0.05, 0) is 30.3 Å². The molecule has 3 aromatic rings. The summed E-state index contributed by atoms with van der Waals surface area (Å²) in [5, 5.41) is 14.7. The second-order valence-corrected chi connectivity index (χ2v) is 7.77. The number of benzene rings is 3. The van der Waals surface area contributed by atoms with Crippen LogP contribution in [0.2, 0.25) is 5.02 Å². The molecule has 0 spiro atoms. The first-order valence-electron chi connectivity index (χ1n) is 11.9. The van der Waals surface area contributed by atoms with Crippen molar-refractivity contribution in [1.29, 1.82) is 0 Å². The third kappa shape index (κ3) is 11.0. The van der Waals surface area contributed by atoms with Gasteiger partial charge in [0.1, 0.15) is 0 Å². The van der Waals surface area contributed by atoms with Gasteiger partial charge in [0.2, 0.25) is 5.78 Å². The van der Waals surface area contributed by atoms with Gasteiger partial charge < -0.3 is 4.84 Å². The Morgan fingerprint density at radius 1 is 0.865 bits per heavy atom. The van der Waals surface area contributed by atoms with E-state index in [1.54, 1.807) is 60.7 Å². The molecule has 0 unspecified atom stereocenters. The summed E-state index contributed by atoms with van der Waals surface area (Å²) in [6.45, 7) is 13.2. The van der Waals surface area contributed by atoms with Crippen LogP contribution < -0.4 is 0 Å². The third-order valence-electron chi connectivity index (χ3n) is 4.00. The largest absolute Gasteiger partial charge is 0.332 e. The van der Waals surface area contributed by atoms with Crippen molar-refractivity contribution in [2.45, 2.75) is 58.3 Å². The topological polar surface area (TPSA) is 98.9 Å². The Labute approximate surface area is 228 Å². The summed E-state index contributed by atoms with van der Waals surface area (Å²) in [6.07, 6.45) is 0. The lowest BCUT2D eigenvalue weighted by molar-refractivity contribution is -0.384. The number of halogens is 1. The number of nitrogens with zero attached hydrogens (tertiary/aromatic N) is 2. The Kier molecular flexibility index (Phi) is 17.0. The average Bonchev–Trinajstić information content (AvgIpc) is 2.93. The molecule has 0 radical (unpaired) electrons. The fourth-order valence-electron chi connectivity index (χ4n) is 2.57. The Morgan fingerprint density at radius 3 is 1.89 bits per heavy atom. The van der Waals surface area contributed by atoms with E-state index in [0.717, 1.165) is 9.79 Å². The molecule has 0 bridgehead atoms. The number of carbonyl (C=O) groups is 2. The van der Waals surface area contributed by atoms with Gasteiger partial charge in [-0.3, -0.25) is 14.9 Å². The molecule has 0 aromatic heterocycles. The molecule has 0 saturated heterocycles. The molecule has 7 nitrogen and oxygen atoms in total. The number of rotatable bonds is 7. The highest BCUT2D eigenvalue weighted by Gasteiger charge is 2.21. The summed E-state index contributed by atoms with van der Waals surface area (Å²) in [4.78, 5) is 40.8. The minimum absolute atomic E-state index is 0.00355. The standard InChI is InChI=1S/C22H15ClN2O5S.3C2H6/c1-14(26)30-24-21(15-5-3-2-4-6-15)22(27)19-12-11-18(13-20(19)23)31-17-9-7-16(8-10-17)25(28)29;3*1-2/h2-13H,1H3;3*1-2H3/b24-21+;;;. The molecule has 0 amide bonds. The number of hydrogen-bond donors (Lipinski definition) is 0. The van der Waals surface area contributed by atoms with E-state index in [2.05, 4.69) is 5.16 Å². The van der Waals surface area contributed by atoms with Gasteiger partial charge in [-0.25, -0.2) is 4.79 Å². The Bertz CT molecular complexity index is 1170. The highest BCUT2D eigenvalue weighted by atomic mass is 35.5. The highest BCUT2D eigenvalue weighted by Crippen LogP contribution is 2.32. The number of nitro benzene ring substituents is 1. The van der Waals surface area contributed by atoms with Crippen molar-refractivity contribution in [3.05, 3.63) is 99.1 Å². The minimum atomic E-state index is -0.651. The maximum atomic E-state index is 13.1. The first-order valence-corrected chi connectivity index (χ1v) is 13.1. The smallest absolute Gasteiger partial charge is 0.318 e. The average molecular weight is 545 g/mol. The van der Waals surface area contributed by atoms with E-state index in [4.69, 9.17) is 16.4 Å². The summed E-state index contributed by atoms with van der Waals surface area (Å²) in [7, 11) is 0. The van der Waals surface area contributed by atoms with E-state index in [1.165, 1.54) is 30.8 Å². The van der Waals surface area contributed by atoms with Gasteiger partial charge in [0.05, 0.1) is 9.95 Å². The quantitative estimate of drug-likeness (QED) is 0.0970. The lowest BCUT2D eigenvalue weighted by Gasteiger charge is -2.09. The number of nitro groups is 1. The van der Waals surface area contributed by atoms with Gasteiger partial charge in [-0.15, -0.1) is 0 Å². The highest BCUT2D eigenvalue weighted by molar-refractivity contribution is 7.99. The molecule has 0 fully saturated rings. The van der Waals surface area contributed by atoms with Crippen molar-refractivity contribution >= 4 is 46.5 Å². The zero-order chi connectivity index (χ0) is 28.4. The first-order chi connectivity index (χ1) is 17.8. The van der Waals surface area contributed by atoms with Gasteiger partial charge in [0.25, 0.3) is 5.69 Å². The van der Waals surface area contributed by atoms with E-state index in [-0.39, 0.29) is 22.0 Å². The van der Waals surface area contributed by atoms with Crippen LogP contribution in [0.25, 0.3) is 0 Å². The molecule has 37 heavy (non-hydrogen) atoms. The van der Waals surface area contributed by atoms with Gasteiger partial charge >= 0.3 is 5.97 Å². The SMILES string of the molecule is CC.CC.CC.CC(=O)O/N=C(/C(=O)c1ccc(Sc2ccc([N+](=O)[O-])cc2)cc1Cl)c1ccccc1. The minimum Gasteiger partial charge on any atom is -0.318 e. The molecule has 9 heteroatoms. The summed E-state index contributed by atoms with van der Waals surface area (Å²) in [5.74, 6) is -1.15. The zero-order valence-electron chi connectivity index (χ0n) is 22.2. The van der Waals surface area contributed by atoms with Gasteiger partial charge in [-0.2, -0.15) is 0 Å². The molecule has 198 valence electrons. The predicted molar refractivity (Wildman–Crippen MR) is 152 cm³/mol. The zero-order valence-corrected chi connectivity index (χ0v) is 23.7. The molecular weight excluding hydrogens is 512 g/mol. The van der Waals surface area contributed by atoms with Crippen molar-refractivity contribution in [1.82, 2.24) is 0 Å². The van der Waals surface area contributed by atoms with Crippen LogP contribution in [-0.2, 0) is 9.63 Å². The van der Waals surface area contributed by atoms with Crippen molar-refractivity contribution in [3.8, 4) is 0 Å². The van der Waals surface area contributed by atoms with E-state index in [9.17, 15) is 19.7 Å². The predicted octanol–water partition coefficient (Wildman–Crippen LogP) is 8.63. The number of Topliss-reactive ketones (excluding diaryl/α,β-unsaturated/α-hetero) is 1. The number of non-ortho nitro benzene ring substituents is 1. The molecular formula is C28H33ClN2O5S. The van der Waals surface area contributed by atoms with E-state index in [1.807, 2.05) is 41.5 Å². The fourth-order valence-corrected chi connectivity index (χ4v) is 3.76. The molecule has 3 rings (SSSR count). The van der Waals surface area contributed by atoms with Crippen molar-refractivity contribution in [3.63, 3.8) is 0 Å². The molecule has 3 aromatic carbocycles. The van der Waals surface area contributed by atoms with Crippen LogP contribution in [0.1, 0.15) is 64.4 Å². The monoisotopic (exact) mass is 544 g/mol. The van der Waals surface area contributed by atoms with Crippen LogP contribution in [0.4, 0.5) is 5.69 Å². The van der Waals surface area contributed by atoms with E-state index in [0.29, 0.717) is 5.56 Å². The van der Waals surface area contributed by atoms with E-state index >= 15 is 0 Å². The number of carbonyl (C=O) groups excluding carboxylic acids is 2. The lowest BCUT2D eigenvalue weighted by Crippen LogP contribution is -2.17. The summed E-state index contributed by atoms with van der Waals surface area (Å²) in [5.41, 5.74) is 0.635. The van der Waals surface area contributed by atoms with Crippen LogP contribution in [0.5, 0.6) is 0 Å². The first kappa shape index (κ1) is 33.5. The molecule has 0 aliphatic carbocycles. The van der Waals surface area contributed by atoms with Crippen molar-refractivity contribution < 1.29 is 19.3 Å². The Morgan fingerprint density at radius 2 is 1.41 bits per heavy atom. The van der Waals surface area contributed by atoms with Crippen LogP contribution >= 0.6 is 23.4 Å². The lowest BCUT2D eigenvalue weighted by atomic mass is 10.0. The van der Waals surface area contributed by atoms with E-state index < -0.39 is 16.7 Å². The maximum Gasteiger partial charge on any atom is 0.332 e. The molecule has 0 aliphatic heterocycles. The fraction of sp³-hybridized carbons (Fsp3) is 0.250. The summed E-state index contributed by atoms with van der Waals surface area (Å²) < 4.78 is 0. The number of oxime groups is 1. The Balaban J connectivity index is 0.00000201. The van der Waals surface area contributed by atoms with Gasteiger partial charge in [-0.1, -0.05) is 100 Å². The van der Waals surface area contributed by atoms with Crippen molar-refractivity contribution in [2.75, 3.05) is 0 Å². The summed E-state index contributed by atoms with van der Waals surface area (Å²) in [6, 6.07) is 19.6. The molecule has 0 heterocycles.